The molecule has 2 aliphatic rings. The van der Waals surface area contributed by atoms with Crippen molar-refractivity contribution < 1.29 is 17.9 Å². The Bertz CT molecular complexity index is 1040. The second-order valence-corrected chi connectivity index (χ2v) is 9.53. The van der Waals surface area contributed by atoms with E-state index in [2.05, 4.69) is 20.9 Å². The molecule has 0 bridgehead atoms. The minimum atomic E-state index is -3.89. The van der Waals surface area contributed by atoms with Gasteiger partial charge in [0.2, 0.25) is 5.91 Å². The van der Waals surface area contributed by atoms with E-state index in [1.807, 2.05) is 18.2 Å². The average molecular weight is 431 g/mol. The number of hydrogen-bond acceptors (Lipinski definition) is 6. The van der Waals surface area contributed by atoms with Crippen molar-refractivity contribution in [3.8, 4) is 5.75 Å². The number of hydrogen-bond donors (Lipinski definition) is 4. The van der Waals surface area contributed by atoms with Gasteiger partial charge in [-0.05, 0) is 73.7 Å². The summed E-state index contributed by atoms with van der Waals surface area (Å²) in [7, 11) is -2.35. The van der Waals surface area contributed by atoms with E-state index in [-0.39, 0.29) is 11.9 Å². The zero-order valence-electron chi connectivity index (χ0n) is 16.9. The molecule has 9 heteroatoms. The van der Waals surface area contributed by atoms with Crippen LogP contribution < -0.4 is 25.6 Å². The molecule has 3 atom stereocenters. The zero-order valence-corrected chi connectivity index (χ0v) is 17.8. The first-order valence-electron chi connectivity index (χ1n) is 9.97. The summed E-state index contributed by atoms with van der Waals surface area (Å²) in [5, 5.41) is 1.78. The number of fused-ring (bicyclic) bond motifs is 1. The van der Waals surface area contributed by atoms with Gasteiger partial charge in [0.05, 0.1) is 13.0 Å². The van der Waals surface area contributed by atoms with Gasteiger partial charge in [0.25, 0.3) is 10.0 Å². The highest BCUT2D eigenvalue weighted by Crippen LogP contribution is 2.27. The summed E-state index contributed by atoms with van der Waals surface area (Å²) >= 11 is 0. The van der Waals surface area contributed by atoms with Gasteiger partial charge in [0.15, 0.2) is 5.37 Å². The SMILES string of the molecule is COc1ccc(NS(=O)(=O)C2NNC(C)C2C(=O)Nc2ccc3c(c2)CCC3)cc1. The van der Waals surface area contributed by atoms with Crippen LogP contribution in [0, 0.1) is 5.92 Å². The summed E-state index contributed by atoms with van der Waals surface area (Å²) in [5.74, 6) is -0.532. The molecule has 160 valence electrons. The maximum absolute atomic E-state index is 13.0. The normalized spacial score (nSPS) is 23.1. The number of aryl methyl sites for hydroxylation is 2. The molecular weight excluding hydrogens is 404 g/mol. The molecule has 1 saturated heterocycles. The second-order valence-electron chi connectivity index (χ2n) is 7.73. The number of nitrogens with one attached hydrogen (secondary N) is 4. The Morgan fingerprint density at radius 1 is 1.03 bits per heavy atom. The van der Waals surface area contributed by atoms with E-state index in [4.69, 9.17) is 4.74 Å². The fraction of sp³-hybridized carbons (Fsp3) is 0.381. The Balaban J connectivity index is 1.50. The third kappa shape index (κ3) is 4.14. The first-order valence-corrected chi connectivity index (χ1v) is 11.5. The first-order chi connectivity index (χ1) is 14.4. The fourth-order valence-electron chi connectivity index (χ4n) is 4.05. The van der Waals surface area contributed by atoms with Gasteiger partial charge in [-0.25, -0.2) is 13.8 Å². The molecule has 30 heavy (non-hydrogen) atoms. The molecule has 0 radical (unpaired) electrons. The van der Waals surface area contributed by atoms with Gasteiger partial charge in [0.1, 0.15) is 5.75 Å². The minimum Gasteiger partial charge on any atom is -0.497 e. The molecule has 2 aromatic rings. The number of carbonyl (C=O) groups excluding carboxylic acids is 1. The van der Waals surface area contributed by atoms with Gasteiger partial charge in [0, 0.05) is 17.4 Å². The van der Waals surface area contributed by atoms with Crippen LogP contribution in [0.5, 0.6) is 5.75 Å². The van der Waals surface area contributed by atoms with Crippen molar-refractivity contribution in [2.75, 3.05) is 17.1 Å². The summed E-state index contributed by atoms with van der Waals surface area (Å²) in [6.45, 7) is 1.78. The third-order valence-electron chi connectivity index (χ3n) is 5.67. The molecular formula is C21H26N4O4S. The number of benzene rings is 2. The zero-order chi connectivity index (χ0) is 21.3. The summed E-state index contributed by atoms with van der Waals surface area (Å²) < 4.78 is 33.6. The predicted molar refractivity (Wildman–Crippen MR) is 116 cm³/mol. The molecule has 1 aliphatic heterocycles. The highest BCUT2D eigenvalue weighted by molar-refractivity contribution is 7.93. The van der Waals surface area contributed by atoms with Crippen molar-refractivity contribution in [1.29, 1.82) is 0 Å². The van der Waals surface area contributed by atoms with Gasteiger partial charge in [-0.2, -0.15) is 0 Å². The number of anilines is 2. The van der Waals surface area contributed by atoms with E-state index in [1.54, 1.807) is 38.3 Å². The highest BCUT2D eigenvalue weighted by Gasteiger charge is 2.46. The summed E-state index contributed by atoms with van der Waals surface area (Å²) in [6, 6.07) is 12.1. The van der Waals surface area contributed by atoms with Crippen LogP contribution in [0.3, 0.4) is 0 Å². The molecule has 1 amide bonds. The first kappa shape index (κ1) is 20.6. The number of hydrazine groups is 1. The van der Waals surface area contributed by atoms with E-state index in [0.717, 1.165) is 19.3 Å². The average Bonchev–Trinajstić information content (AvgIpc) is 3.34. The quantitative estimate of drug-likeness (QED) is 0.558. The molecule has 0 aromatic heterocycles. The lowest BCUT2D eigenvalue weighted by molar-refractivity contribution is -0.119. The number of rotatable bonds is 6. The van der Waals surface area contributed by atoms with Crippen LogP contribution in [-0.2, 0) is 27.7 Å². The summed E-state index contributed by atoms with van der Waals surface area (Å²) in [5.41, 5.74) is 9.30. The number of carbonyl (C=O) groups is 1. The van der Waals surface area contributed by atoms with Crippen LogP contribution in [0.2, 0.25) is 0 Å². The van der Waals surface area contributed by atoms with Crippen molar-refractivity contribution in [2.24, 2.45) is 5.92 Å². The Morgan fingerprint density at radius 3 is 2.47 bits per heavy atom. The van der Waals surface area contributed by atoms with E-state index in [0.29, 0.717) is 17.1 Å². The van der Waals surface area contributed by atoms with E-state index in [9.17, 15) is 13.2 Å². The lowest BCUT2D eigenvalue weighted by Crippen LogP contribution is -2.45. The minimum absolute atomic E-state index is 0.344. The van der Waals surface area contributed by atoms with Gasteiger partial charge < -0.3 is 10.1 Å². The van der Waals surface area contributed by atoms with Gasteiger partial charge in [-0.3, -0.25) is 14.9 Å². The highest BCUT2D eigenvalue weighted by atomic mass is 32.2. The number of methoxy groups -OCH3 is 1. The fourth-order valence-corrected chi connectivity index (χ4v) is 5.61. The van der Waals surface area contributed by atoms with Crippen molar-refractivity contribution >= 4 is 27.3 Å². The van der Waals surface area contributed by atoms with Crippen LogP contribution in [0.1, 0.15) is 24.5 Å². The van der Waals surface area contributed by atoms with Crippen molar-refractivity contribution in [3.63, 3.8) is 0 Å². The summed E-state index contributed by atoms with van der Waals surface area (Å²) in [6.07, 6.45) is 3.19. The van der Waals surface area contributed by atoms with E-state index < -0.39 is 21.3 Å². The van der Waals surface area contributed by atoms with Gasteiger partial charge in [-0.15, -0.1) is 0 Å². The number of amides is 1. The number of sulfonamides is 1. The molecule has 2 aromatic carbocycles. The number of ether oxygens (including phenoxy) is 1. The lowest BCUT2D eigenvalue weighted by Gasteiger charge is -2.21. The monoisotopic (exact) mass is 430 g/mol. The molecule has 1 heterocycles. The Hall–Kier alpha value is -2.62. The largest absolute Gasteiger partial charge is 0.497 e. The molecule has 3 unspecified atom stereocenters. The van der Waals surface area contributed by atoms with E-state index in [1.165, 1.54) is 11.1 Å². The Labute approximate surface area is 176 Å². The maximum Gasteiger partial charge on any atom is 0.250 e. The topological polar surface area (TPSA) is 109 Å². The molecule has 1 aliphatic carbocycles. The van der Waals surface area contributed by atoms with Crippen molar-refractivity contribution in [1.82, 2.24) is 10.9 Å². The van der Waals surface area contributed by atoms with Crippen LogP contribution in [0.15, 0.2) is 42.5 Å². The van der Waals surface area contributed by atoms with Crippen LogP contribution in [-0.4, -0.2) is 32.9 Å². The molecule has 8 nitrogen and oxygen atoms in total. The van der Waals surface area contributed by atoms with Crippen molar-refractivity contribution in [2.45, 2.75) is 37.6 Å². The molecule has 4 N–H and O–H groups in total. The lowest BCUT2D eigenvalue weighted by atomic mass is 10.0. The van der Waals surface area contributed by atoms with Crippen LogP contribution in [0.4, 0.5) is 11.4 Å². The predicted octanol–water partition coefficient (Wildman–Crippen LogP) is 2.00. The smallest absolute Gasteiger partial charge is 0.250 e. The Morgan fingerprint density at radius 2 is 1.73 bits per heavy atom. The van der Waals surface area contributed by atoms with Gasteiger partial charge in [-0.1, -0.05) is 6.07 Å². The maximum atomic E-state index is 13.0. The van der Waals surface area contributed by atoms with Crippen LogP contribution >= 0.6 is 0 Å². The molecule has 4 rings (SSSR count). The van der Waals surface area contributed by atoms with Gasteiger partial charge >= 0.3 is 0 Å². The van der Waals surface area contributed by atoms with E-state index >= 15 is 0 Å². The Kier molecular flexibility index (Phi) is 5.68. The van der Waals surface area contributed by atoms with Crippen LogP contribution in [0.25, 0.3) is 0 Å². The summed E-state index contributed by atoms with van der Waals surface area (Å²) in [4.78, 5) is 13.0. The molecule has 0 saturated carbocycles. The standard InChI is InChI=1S/C21H26N4O4S/c1-13-19(20(26)22-17-7-6-14-4-3-5-15(14)12-17)21(24-23-13)30(27,28)25-16-8-10-18(29-2)11-9-16/h6-13,19,21,23-25H,3-5H2,1-2H3,(H,22,26). The second kappa shape index (κ2) is 8.25. The van der Waals surface area contributed by atoms with Crippen molar-refractivity contribution in [3.05, 3.63) is 53.6 Å². The molecule has 1 fully saturated rings. The molecule has 0 spiro atoms. The third-order valence-corrected chi connectivity index (χ3v) is 7.27.